The number of amides is 1. The molecule has 104 valence electrons. The largest absolute Gasteiger partial charge is 0.480 e. The minimum absolute atomic E-state index is 0.0459. The van der Waals surface area contributed by atoms with Crippen molar-refractivity contribution in [1.29, 1.82) is 0 Å². The second-order valence-electron chi connectivity index (χ2n) is 3.75. The number of alkyl halides is 3. The van der Waals surface area contributed by atoms with Crippen LogP contribution in [0.2, 0.25) is 0 Å². The van der Waals surface area contributed by atoms with Crippen molar-refractivity contribution in [3.05, 3.63) is 23.3 Å². The number of hydrogen-bond acceptors (Lipinski definition) is 4. The molecule has 0 unspecified atom stereocenters. The smallest absolute Gasteiger partial charge is 0.451 e. The van der Waals surface area contributed by atoms with Gasteiger partial charge in [-0.15, -0.1) is 0 Å². The van der Waals surface area contributed by atoms with E-state index < -0.39 is 35.6 Å². The van der Waals surface area contributed by atoms with Gasteiger partial charge in [-0.05, 0) is 19.9 Å². The summed E-state index contributed by atoms with van der Waals surface area (Å²) < 4.78 is 37.4. The maximum Gasteiger partial charge on any atom is 0.451 e. The second-order valence-corrected chi connectivity index (χ2v) is 3.75. The van der Waals surface area contributed by atoms with E-state index in [1.54, 1.807) is 0 Å². The highest BCUT2D eigenvalue weighted by Gasteiger charge is 2.35. The van der Waals surface area contributed by atoms with E-state index in [1.165, 1.54) is 13.8 Å². The number of carbonyl (C=O) groups excluding carboxylic acids is 1. The molecule has 0 fully saturated rings. The standard InChI is InChI=1S/C10H10F3N3O3/c1-4-3-6(7(17)15-5(2)8(18)19)16-9(14-4)10(11,12)13/h3,5H,1-2H3,(H,15,17)(H,18,19)/t5-/m0/s1. The summed E-state index contributed by atoms with van der Waals surface area (Å²) in [5.74, 6) is -3.76. The van der Waals surface area contributed by atoms with Crippen LogP contribution in [-0.2, 0) is 11.0 Å². The van der Waals surface area contributed by atoms with E-state index in [1.807, 2.05) is 5.32 Å². The highest BCUT2D eigenvalue weighted by atomic mass is 19.4. The maximum atomic E-state index is 12.5. The van der Waals surface area contributed by atoms with Crippen molar-refractivity contribution < 1.29 is 27.9 Å². The van der Waals surface area contributed by atoms with E-state index in [4.69, 9.17) is 5.11 Å². The summed E-state index contributed by atoms with van der Waals surface area (Å²) in [6, 6.07) is -0.198. The van der Waals surface area contributed by atoms with Crippen LogP contribution in [0.3, 0.4) is 0 Å². The van der Waals surface area contributed by atoms with Crippen molar-refractivity contribution in [3.63, 3.8) is 0 Å². The van der Waals surface area contributed by atoms with Gasteiger partial charge in [0.25, 0.3) is 5.91 Å². The lowest BCUT2D eigenvalue weighted by Gasteiger charge is -2.11. The maximum absolute atomic E-state index is 12.5. The summed E-state index contributed by atoms with van der Waals surface area (Å²) in [6.07, 6.45) is -4.78. The van der Waals surface area contributed by atoms with E-state index in [0.29, 0.717) is 0 Å². The normalized spacial score (nSPS) is 12.9. The molecular weight excluding hydrogens is 267 g/mol. The van der Waals surface area contributed by atoms with E-state index in [9.17, 15) is 22.8 Å². The highest BCUT2D eigenvalue weighted by molar-refractivity contribution is 5.94. The molecule has 0 aromatic carbocycles. The van der Waals surface area contributed by atoms with Gasteiger partial charge in [0.15, 0.2) is 0 Å². The number of hydrogen-bond donors (Lipinski definition) is 2. The summed E-state index contributed by atoms with van der Waals surface area (Å²) in [7, 11) is 0. The Bertz CT molecular complexity index is 516. The molecule has 0 aliphatic rings. The molecule has 0 saturated carbocycles. The summed E-state index contributed by atoms with van der Waals surface area (Å²) in [5, 5.41) is 10.6. The Morgan fingerprint density at radius 3 is 2.42 bits per heavy atom. The predicted molar refractivity (Wildman–Crippen MR) is 56.3 cm³/mol. The lowest BCUT2D eigenvalue weighted by atomic mass is 10.2. The third-order valence-electron chi connectivity index (χ3n) is 2.06. The number of nitrogens with zero attached hydrogens (tertiary/aromatic N) is 2. The summed E-state index contributed by atoms with van der Waals surface area (Å²) >= 11 is 0. The van der Waals surface area contributed by atoms with Crippen LogP contribution in [-0.4, -0.2) is 33.0 Å². The number of nitrogens with one attached hydrogen (secondary N) is 1. The molecule has 0 aliphatic heterocycles. The van der Waals surface area contributed by atoms with E-state index in [2.05, 4.69) is 9.97 Å². The molecule has 1 amide bonds. The molecule has 0 spiro atoms. The molecular formula is C10H10F3N3O3. The van der Waals surface area contributed by atoms with Gasteiger partial charge in [0.05, 0.1) is 0 Å². The third kappa shape index (κ3) is 3.90. The number of aromatic nitrogens is 2. The first kappa shape index (κ1) is 14.9. The zero-order valence-electron chi connectivity index (χ0n) is 9.95. The number of aryl methyl sites for hydroxylation is 1. The van der Waals surface area contributed by atoms with Gasteiger partial charge in [0.1, 0.15) is 11.7 Å². The van der Waals surface area contributed by atoms with Crippen molar-refractivity contribution in [2.75, 3.05) is 0 Å². The molecule has 1 heterocycles. The Balaban J connectivity index is 3.04. The minimum Gasteiger partial charge on any atom is -0.480 e. The SMILES string of the molecule is Cc1cc(C(=O)N[C@@H](C)C(=O)O)nc(C(F)(F)F)n1. The first-order chi connectivity index (χ1) is 8.61. The van der Waals surface area contributed by atoms with Crippen LogP contribution < -0.4 is 5.32 Å². The average molecular weight is 277 g/mol. The fourth-order valence-corrected chi connectivity index (χ4v) is 1.14. The molecule has 0 aliphatic carbocycles. The van der Waals surface area contributed by atoms with Crippen LogP contribution in [0.25, 0.3) is 0 Å². The van der Waals surface area contributed by atoms with Gasteiger partial charge in [-0.3, -0.25) is 9.59 Å². The molecule has 2 N–H and O–H groups in total. The lowest BCUT2D eigenvalue weighted by molar-refractivity contribution is -0.145. The van der Waals surface area contributed by atoms with Crippen molar-refractivity contribution in [2.24, 2.45) is 0 Å². The number of carboxylic acids is 1. The van der Waals surface area contributed by atoms with Crippen molar-refractivity contribution in [1.82, 2.24) is 15.3 Å². The summed E-state index contributed by atoms with van der Waals surface area (Å²) in [5.41, 5.74) is -0.580. The first-order valence-corrected chi connectivity index (χ1v) is 5.08. The van der Waals surface area contributed by atoms with Crippen LogP contribution in [0.15, 0.2) is 6.07 Å². The average Bonchev–Trinajstić information content (AvgIpc) is 2.26. The van der Waals surface area contributed by atoms with Crippen LogP contribution in [0.4, 0.5) is 13.2 Å². The fraction of sp³-hybridized carbons (Fsp3) is 0.400. The Morgan fingerprint density at radius 2 is 1.95 bits per heavy atom. The number of halogens is 3. The van der Waals surface area contributed by atoms with E-state index in [-0.39, 0.29) is 5.69 Å². The zero-order valence-corrected chi connectivity index (χ0v) is 9.95. The van der Waals surface area contributed by atoms with E-state index in [0.717, 1.165) is 6.07 Å². The van der Waals surface area contributed by atoms with Crippen LogP contribution in [0, 0.1) is 6.92 Å². The van der Waals surface area contributed by atoms with Gasteiger partial charge in [-0.2, -0.15) is 13.2 Å². The molecule has 0 bridgehead atoms. The number of rotatable bonds is 3. The Hall–Kier alpha value is -2.19. The molecule has 6 nitrogen and oxygen atoms in total. The zero-order chi connectivity index (χ0) is 14.8. The van der Waals surface area contributed by atoms with Crippen molar-refractivity contribution in [3.8, 4) is 0 Å². The molecule has 0 saturated heterocycles. The molecule has 0 radical (unpaired) electrons. The van der Waals surface area contributed by atoms with E-state index >= 15 is 0 Å². The predicted octanol–water partition coefficient (Wildman–Crippen LogP) is 1.01. The van der Waals surface area contributed by atoms with Gasteiger partial charge in [0.2, 0.25) is 5.82 Å². The number of aliphatic carboxylic acids is 1. The number of carbonyl (C=O) groups is 2. The topological polar surface area (TPSA) is 92.2 Å². The summed E-state index contributed by atoms with van der Waals surface area (Å²) in [4.78, 5) is 28.3. The molecule has 9 heteroatoms. The van der Waals surface area contributed by atoms with Crippen LogP contribution >= 0.6 is 0 Å². The van der Waals surface area contributed by atoms with Gasteiger partial charge >= 0.3 is 12.1 Å². The molecule has 1 atom stereocenters. The van der Waals surface area contributed by atoms with Crippen LogP contribution in [0.1, 0.15) is 28.9 Å². The van der Waals surface area contributed by atoms with Gasteiger partial charge in [0, 0.05) is 5.69 Å². The molecule has 1 aromatic heterocycles. The minimum atomic E-state index is -4.78. The summed E-state index contributed by atoms with van der Waals surface area (Å²) in [6.45, 7) is 2.45. The quantitative estimate of drug-likeness (QED) is 0.860. The molecule has 1 aromatic rings. The number of carboxylic acid groups (broad SMARTS) is 1. The Kier molecular flexibility index (Phi) is 4.07. The van der Waals surface area contributed by atoms with Crippen LogP contribution in [0.5, 0.6) is 0 Å². The Labute approximate surface area is 105 Å². The van der Waals surface area contributed by atoms with Crippen molar-refractivity contribution >= 4 is 11.9 Å². The fourth-order valence-electron chi connectivity index (χ4n) is 1.14. The first-order valence-electron chi connectivity index (χ1n) is 5.08. The Morgan fingerprint density at radius 1 is 1.37 bits per heavy atom. The molecule has 19 heavy (non-hydrogen) atoms. The third-order valence-corrected chi connectivity index (χ3v) is 2.06. The lowest BCUT2D eigenvalue weighted by Crippen LogP contribution is -2.39. The second kappa shape index (κ2) is 5.21. The highest BCUT2D eigenvalue weighted by Crippen LogP contribution is 2.26. The molecule has 1 rings (SSSR count). The van der Waals surface area contributed by atoms with Gasteiger partial charge in [-0.1, -0.05) is 0 Å². The van der Waals surface area contributed by atoms with Crippen molar-refractivity contribution in [2.45, 2.75) is 26.1 Å². The van der Waals surface area contributed by atoms with Gasteiger partial charge < -0.3 is 10.4 Å². The van der Waals surface area contributed by atoms with Gasteiger partial charge in [-0.25, -0.2) is 9.97 Å². The monoisotopic (exact) mass is 277 g/mol.